The van der Waals surface area contributed by atoms with Crippen LogP contribution in [0.15, 0.2) is 47.6 Å². The molecule has 1 N–H and O–H groups in total. The highest BCUT2D eigenvalue weighted by molar-refractivity contribution is 5.81. The Labute approximate surface area is 135 Å². The van der Waals surface area contributed by atoms with Gasteiger partial charge in [-0.15, -0.1) is 0 Å². The molecule has 0 spiro atoms. The number of nitrogens with zero attached hydrogens (tertiary/aromatic N) is 2. The Kier molecular flexibility index (Phi) is 5.61. The van der Waals surface area contributed by atoms with Crippen LogP contribution in [-0.4, -0.2) is 24.9 Å². The topological polar surface area (TPSA) is 86.0 Å². The molecule has 0 aliphatic rings. The van der Waals surface area contributed by atoms with Gasteiger partial charge in [0.2, 0.25) is 0 Å². The average molecular weight is 337 g/mol. The van der Waals surface area contributed by atoms with Crippen molar-refractivity contribution in [3.8, 4) is 11.5 Å². The van der Waals surface area contributed by atoms with Crippen LogP contribution in [0.25, 0.3) is 0 Å². The van der Waals surface area contributed by atoms with E-state index in [2.05, 4.69) is 15.3 Å². The van der Waals surface area contributed by atoms with E-state index in [-0.39, 0.29) is 17.2 Å². The van der Waals surface area contributed by atoms with Crippen LogP contribution >= 0.6 is 0 Å². The monoisotopic (exact) mass is 337 g/mol. The van der Waals surface area contributed by atoms with Gasteiger partial charge in [0.1, 0.15) is 0 Å². The lowest BCUT2D eigenvalue weighted by molar-refractivity contribution is -0.384. The zero-order valence-corrected chi connectivity index (χ0v) is 12.5. The zero-order valence-electron chi connectivity index (χ0n) is 12.5. The molecule has 2 rings (SSSR count). The van der Waals surface area contributed by atoms with Gasteiger partial charge in [-0.05, 0) is 29.8 Å². The maximum atomic E-state index is 12.3. The number of anilines is 1. The predicted molar refractivity (Wildman–Crippen MR) is 83.9 cm³/mol. The first-order valence-electron chi connectivity index (χ1n) is 6.66. The lowest BCUT2D eigenvalue weighted by Gasteiger charge is -2.10. The third-order valence-corrected chi connectivity index (χ3v) is 2.87. The second kappa shape index (κ2) is 7.86. The van der Waals surface area contributed by atoms with E-state index >= 15 is 0 Å². The number of benzene rings is 2. The molecule has 0 fully saturated rings. The molecule has 24 heavy (non-hydrogen) atoms. The molecule has 0 atom stereocenters. The van der Waals surface area contributed by atoms with Gasteiger partial charge in [-0.3, -0.25) is 15.5 Å². The summed E-state index contributed by atoms with van der Waals surface area (Å²) in [5.74, 6) is 0.0471. The Morgan fingerprint density at radius 1 is 1.25 bits per heavy atom. The lowest BCUT2D eigenvalue weighted by atomic mass is 10.2. The SMILES string of the molecule is COc1cc(/C=N/Nc2cccc([N+](=O)[O-])c2)ccc1OC(F)F. The highest BCUT2D eigenvalue weighted by Gasteiger charge is 2.10. The van der Waals surface area contributed by atoms with Gasteiger partial charge in [0.15, 0.2) is 11.5 Å². The van der Waals surface area contributed by atoms with Gasteiger partial charge in [0.05, 0.1) is 23.9 Å². The quantitative estimate of drug-likeness (QED) is 0.473. The van der Waals surface area contributed by atoms with Crippen molar-refractivity contribution < 1.29 is 23.2 Å². The molecule has 0 aliphatic carbocycles. The average Bonchev–Trinajstić information content (AvgIpc) is 2.56. The number of nitrogens with one attached hydrogen (secondary N) is 1. The number of non-ortho nitro benzene ring substituents is 1. The summed E-state index contributed by atoms with van der Waals surface area (Å²) in [6.45, 7) is -2.95. The van der Waals surface area contributed by atoms with Crippen LogP contribution in [0.4, 0.5) is 20.2 Å². The predicted octanol–water partition coefficient (Wildman–Crippen LogP) is 3.65. The van der Waals surface area contributed by atoms with Crippen LogP contribution in [0.5, 0.6) is 11.5 Å². The second-order valence-corrected chi connectivity index (χ2v) is 4.47. The summed E-state index contributed by atoms with van der Waals surface area (Å²) in [4.78, 5) is 10.2. The van der Waals surface area contributed by atoms with Crippen LogP contribution in [-0.2, 0) is 0 Å². The number of hydrogen-bond donors (Lipinski definition) is 1. The molecule has 0 saturated carbocycles. The lowest BCUT2D eigenvalue weighted by Crippen LogP contribution is -2.03. The maximum absolute atomic E-state index is 12.3. The largest absolute Gasteiger partial charge is 0.493 e. The van der Waals surface area contributed by atoms with Gasteiger partial charge < -0.3 is 9.47 Å². The summed E-state index contributed by atoms with van der Waals surface area (Å²) in [7, 11) is 1.33. The van der Waals surface area contributed by atoms with E-state index in [1.165, 1.54) is 49.7 Å². The fourth-order valence-corrected chi connectivity index (χ4v) is 1.83. The molecule has 0 radical (unpaired) electrons. The number of alkyl halides is 2. The number of hydrogen-bond acceptors (Lipinski definition) is 6. The molecule has 2 aromatic carbocycles. The van der Waals surface area contributed by atoms with Crippen LogP contribution in [0, 0.1) is 10.1 Å². The van der Waals surface area contributed by atoms with E-state index < -0.39 is 11.5 Å². The van der Waals surface area contributed by atoms with E-state index in [4.69, 9.17) is 4.74 Å². The van der Waals surface area contributed by atoms with E-state index in [0.29, 0.717) is 11.3 Å². The Bertz CT molecular complexity index is 753. The van der Waals surface area contributed by atoms with Gasteiger partial charge in [0.25, 0.3) is 5.69 Å². The van der Waals surface area contributed by atoms with Crippen molar-refractivity contribution in [2.45, 2.75) is 6.61 Å². The van der Waals surface area contributed by atoms with Gasteiger partial charge in [-0.25, -0.2) is 0 Å². The number of methoxy groups -OCH3 is 1. The Morgan fingerprint density at radius 2 is 2.04 bits per heavy atom. The van der Waals surface area contributed by atoms with Crippen molar-refractivity contribution in [1.29, 1.82) is 0 Å². The van der Waals surface area contributed by atoms with E-state index in [1.807, 2.05) is 0 Å². The molecule has 0 bridgehead atoms. The van der Waals surface area contributed by atoms with Crippen molar-refractivity contribution in [2.75, 3.05) is 12.5 Å². The summed E-state index contributed by atoms with van der Waals surface area (Å²) in [6, 6.07) is 10.1. The number of ether oxygens (including phenoxy) is 2. The first-order chi connectivity index (χ1) is 11.5. The van der Waals surface area contributed by atoms with Crippen molar-refractivity contribution in [3.05, 3.63) is 58.1 Å². The van der Waals surface area contributed by atoms with Gasteiger partial charge >= 0.3 is 6.61 Å². The molecule has 7 nitrogen and oxygen atoms in total. The molecule has 2 aromatic rings. The molecule has 126 valence electrons. The first kappa shape index (κ1) is 17.1. The number of hydrazone groups is 1. The molecule has 0 saturated heterocycles. The Balaban J connectivity index is 2.09. The summed E-state index contributed by atoms with van der Waals surface area (Å²) in [5, 5.41) is 14.6. The first-order valence-corrected chi connectivity index (χ1v) is 6.66. The van der Waals surface area contributed by atoms with Crippen LogP contribution in [0.2, 0.25) is 0 Å². The number of halogens is 2. The summed E-state index contributed by atoms with van der Waals surface area (Å²) < 4.78 is 33.8. The zero-order chi connectivity index (χ0) is 17.5. The minimum absolute atomic E-state index is 0.0645. The molecular weight excluding hydrogens is 324 g/mol. The van der Waals surface area contributed by atoms with Crippen LogP contribution in [0.3, 0.4) is 0 Å². The highest BCUT2D eigenvalue weighted by Crippen LogP contribution is 2.29. The normalized spacial score (nSPS) is 10.8. The van der Waals surface area contributed by atoms with Gasteiger partial charge in [0, 0.05) is 12.1 Å². The maximum Gasteiger partial charge on any atom is 0.387 e. The molecule has 0 heterocycles. The smallest absolute Gasteiger partial charge is 0.387 e. The van der Waals surface area contributed by atoms with Crippen molar-refractivity contribution in [3.63, 3.8) is 0 Å². The molecule has 0 unspecified atom stereocenters. The fourth-order valence-electron chi connectivity index (χ4n) is 1.83. The van der Waals surface area contributed by atoms with E-state index in [0.717, 1.165) is 0 Å². The van der Waals surface area contributed by atoms with Crippen molar-refractivity contribution >= 4 is 17.6 Å². The van der Waals surface area contributed by atoms with Crippen molar-refractivity contribution in [2.24, 2.45) is 5.10 Å². The molecular formula is C15H13F2N3O4. The van der Waals surface area contributed by atoms with Crippen LogP contribution in [0.1, 0.15) is 5.56 Å². The fraction of sp³-hybridized carbons (Fsp3) is 0.133. The molecule has 9 heteroatoms. The van der Waals surface area contributed by atoms with Gasteiger partial charge in [-0.1, -0.05) is 6.07 Å². The number of nitro benzene ring substituents is 1. The summed E-state index contributed by atoms with van der Waals surface area (Å²) in [6.07, 6.45) is 1.41. The highest BCUT2D eigenvalue weighted by atomic mass is 19.3. The number of nitro groups is 1. The summed E-state index contributed by atoms with van der Waals surface area (Å²) in [5.41, 5.74) is 3.58. The Hall–Kier alpha value is -3.23. The van der Waals surface area contributed by atoms with E-state index in [9.17, 15) is 18.9 Å². The molecule has 0 aliphatic heterocycles. The van der Waals surface area contributed by atoms with Crippen molar-refractivity contribution in [1.82, 2.24) is 0 Å². The standard InChI is InChI=1S/C15H13F2N3O4/c1-23-14-7-10(5-6-13(14)24-15(16)17)9-18-19-11-3-2-4-12(8-11)20(21)22/h2-9,15,19H,1H3/b18-9+. The molecule has 0 aromatic heterocycles. The second-order valence-electron chi connectivity index (χ2n) is 4.47. The minimum atomic E-state index is -2.95. The summed E-state index contributed by atoms with van der Waals surface area (Å²) >= 11 is 0. The van der Waals surface area contributed by atoms with Gasteiger partial charge in [-0.2, -0.15) is 13.9 Å². The third kappa shape index (κ3) is 4.63. The van der Waals surface area contributed by atoms with E-state index in [1.54, 1.807) is 6.07 Å². The Morgan fingerprint density at radius 3 is 2.71 bits per heavy atom. The number of rotatable bonds is 7. The third-order valence-electron chi connectivity index (χ3n) is 2.87. The molecule has 0 amide bonds. The minimum Gasteiger partial charge on any atom is -0.493 e. The van der Waals surface area contributed by atoms with Crippen LogP contribution < -0.4 is 14.9 Å².